The predicted molar refractivity (Wildman–Crippen MR) is 137 cm³/mol. The predicted octanol–water partition coefficient (Wildman–Crippen LogP) is -0.746. The van der Waals surface area contributed by atoms with Crippen molar-refractivity contribution >= 4 is 23.6 Å². The van der Waals surface area contributed by atoms with Gasteiger partial charge in [-0.05, 0) is 43.2 Å². The van der Waals surface area contributed by atoms with Crippen LogP contribution < -0.4 is 26.0 Å². The van der Waals surface area contributed by atoms with Gasteiger partial charge < -0.3 is 35.5 Å². The van der Waals surface area contributed by atoms with Crippen LogP contribution in [0, 0.1) is 18.8 Å². The first-order valence-electron chi connectivity index (χ1n) is 11.7. The van der Waals surface area contributed by atoms with Crippen LogP contribution in [0.15, 0.2) is 42.5 Å². The van der Waals surface area contributed by atoms with Crippen LogP contribution in [-0.2, 0) is 28.7 Å². The maximum absolute atomic E-state index is 11.9. The second-order valence-corrected chi connectivity index (χ2v) is 7.68. The lowest BCUT2D eigenvalue weighted by molar-refractivity contribution is -0.131. The third kappa shape index (κ3) is 13.0. The highest BCUT2D eigenvalue weighted by Crippen LogP contribution is 2.12. The summed E-state index contributed by atoms with van der Waals surface area (Å²) >= 11 is 0. The fourth-order valence-corrected chi connectivity index (χ4v) is 2.71. The number of carbonyl (C=O) groups is 4. The molecule has 0 unspecified atom stereocenters. The lowest BCUT2D eigenvalue weighted by Crippen LogP contribution is -2.41. The van der Waals surface area contributed by atoms with E-state index >= 15 is 0 Å². The Bertz CT molecular complexity index is 1160. The van der Waals surface area contributed by atoms with E-state index in [1.54, 1.807) is 12.1 Å². The van der Waals surface area contributed by atoms with Gasteiger partial charge in [-0.25, -0.2) is 4.98 Å². The quantitative estimate of drug-likeness (QED) is 0.143. The number of pyridine rings is 1. The lowest BCUT2D eigenvalue weighted by atomic mass is 10.2. The molecule has 0 saturated carbocycles. The van der Waals surface area contributed by atoms with Crippen LogP contribution in [0.2, 0.25) is 0 Å². The van der Waals surface area contributed by atoms with Crippen molar-refractivity contribution in [3.63, 3.8) is 0 Å². The highest BCUT2D eigenvalue weighted by Gasteiger charge is 2.07. The average molecular weight is 526 g/mol. The van der Waals surface area contributed by atoms with E-state index in [0.717, 1.165) is 11.3 Å². The van der Waals surface area contributed by atoms with Crippen molar-refractivity contribution in [2.45, 2.75) is 6.92 Å². The fraction of sp³-hybridized carbons (Fsp3) is 0.346. The number of nitrogens with zero attached hydrogens (tertiary/aromatic N) is 1. The van der Waals surface area contributed by atoms with Gasteiger partial charge in [0, 0.05) is 18.3 Å². The molecule has 2 rings (SSSR count). The molecular weight excluding hydrogens is 494 g/mol. The van der Waals surface area contributed by atoms with E-state index in [-0.39, 0.29) is 52.2 Å². The number of ether oxygens (including phenoxy) is 3. The first-order valence-corrected chi connectivity index (χ1v) is 11.7. The molecule has 0 spiro atoms. The van der Waals surface area contributed by atoms with Crippen LogP contribution in [-0.4, -0.2) is 81.9 Å². The Kier molecular flexibility index (Phi) is 13.4. The van der Waals surface area contributed by atoms with Crippen LogP contribution in [0.4, 0.5) is 0 Å². The minimum atomic E-state index is -0.520. The van der Waals surface area contributed by atoms with Gasteiger partial charge in [-0.1, -0.05) is 18.1 Å². The molecule has 4 N–H and O–H groups in total. The number of hydrogen-bond donors (Lipinski definition) is 4. The Labute approximate surface area is 220 Å². The van der Waals surface area contributed by atoms with Gasteiger partial charge in [-0.15, -0.1) is 0 Å². The van der Waals surface area contributed by atoms with Crippen molar-refractivity contribution in [2.75, 3.05) is 53.3 Å². The standard InChI is InChI=1S/C26H31N5O7/c1-19-5-3-7-21(31-19)10-9-20-6-4-8-22(13-20)38-12-11-28-24(33)15-37-17-26(35)30-18-29-25(34)16-36-14-23(32)27-2/h3-8,13H,11-12,14-18H2,1-2H3,(H,27,32)(H,28,33)(H,29,34)(H,30,35). The van der Waals surface area contributed by atoms with Gasteiger partial charge in [-0.2, -0.15) is 0 Å². The number of carbonyl (C=O) groups excluding carboxylic acids is 4. The van der Waals surface area contributed by atoms with Crippen LogP contribution in [0.25, 0.3) is 0 Å². The zero-order valence-corrected chi connectivity index (χ0v) is 21.3. The molecule has 4 amide bonds. The molecule has 0 aliphatic heterocycles. The molecule has 1 heterocycles. The molecule has 0 saturated heterocycles. The number of nitrogens with one attached hydrogen (secondary N) is 4. The summed E-state index contributed by atoms with van der Waals surface area (Å²) in [7, 11) is 1.45. The van der Waals surface area contributed by atoms with Crippen molar-refractivity contribution in [1.82, 2.24) is 26.3 Å². The van der Waals surface area contributed by atoms with Crippen molar-refractivity contribution in [3.8, 4) is 17.6 Å². The van der Waals surface area contributed by atoms with Gasteiger partial charge >= 0.3 is 0 Å². The van der Waals surface area contributed by atoms with Gasteiger partial charge in [0.2, 0.25) is 23.6 Å². The Morgan fingerprint density at radius 2 is 1.45 bits per heavy atom. The van der Waals surface area contributed by atoms with E-state index in [9.17, 15) is 19.2 Å². The Morgan fingerprint density at radius 3 is 2.11 bits per heavy atom. The highest BCUT2D eigenvalue weighted by atomic mass is 16.5. The molecule has 12 nitrogen and oxygen atoms in total. The van der Waals surface area contributed by atoms with Gasteiger partial charge in [0.1, 0.15) is 44.5 Å². The molecule has 1 aromatic heterocycles. The number of aryl methyl sites for hydroxylation is 1. The smallest absolute Gasteiger partial charge is 0.247 e. The summed E-state index contributed by atoms with van der Waals surface area (Å²) in [6.45, 7) is 0.987. The molecule has 0 aliphatic carbocycles. The minimum absolute atomic E-state index is 0.149. The third-order valence-electron chi connectivity index (χ3n) is 4.53. The third-order valence-corrected chi connectivity index (χ3v) is 4.53. The maximum atomic E-state index is 11.9. The largest absolute Gasteiger partial charge is 0.492 e. The summed E-state index contributed by atoms with van der Waals surface area (Å²) in [5.41, 5.74) is 2.36. The Balaban J connectivity index is 1.55. The number of amides is 4. The number of hydrogen-bond acceptors (Lipinski definition) is 8. The van der Waals surface area contributed by atoms with Crippen molar-refractivity contribution in [1.29, 1.82) is 0 Å². The van der Waals surface area contributed by atoms with E-state index in [0.29, 0.717) is 11.4 Å². The normalized spacial score (nSPS) is 9.95. The molecule has 0 atom stereocenters. The van der Waals surface area contributed by atoms with Crippen molar-refractivity contribution in [2.24, 2.45) is 0 Å². The van der Waals surface area contributed by atoms with E-state index in [1.807, 2.05) is 37.3 Å². The molecule has 2 aromatic rings. The summed E-state index contributed by atoms with van der Waals surface area (Å²) < 4.78 is 15.6. The summed E-state index contributed by atoms with van der Waals surface area (Å²) in [5.74, 6) is 4.89. The second kappa shape index (κ2) is 17.1. The van der Waals surface area contributed by atoms with Crippen molar-refractivity contribution in [3.05, 3.63) is 59.4 Å². The lowest BCUT2D eigenvalue weighted by Gasteiger charge is -2.09. The molecule has 202 valence electrons. The summed E-state index contributed by atoms with van der Waals surface area (Å²) in [5, 5.41) is 9.76. The maximum Gasteiger partial charge on any atom is 0.247 e. The van der Waals surface area contributed by atoms with E-state index in [1.165, 1.54) is 7.05 Å². The summed E-state index contributed by atoms with van der Waals surface area (Å²) in [6, 6.07) is 12.9. The molecule has 38 heavy (non-hydrogen) atoms. The van der Waals surface area contributed by atoms with Gasteiger partial charge in [0.25, 0.3) is 0 Å². The zero-order chi connectivity index (χ0) is 27.6. The topological polar surface area (TPSA) is 157 Å². The number of rotatable bonds is 14. The first-order chi connectivity index (χ1) is 18.4. The molecule has 1 aromatic carbocycles. The van der Waals surface area contributed by atoms with Gasteiger partial charge in [0.15, 0.2) is 0 Å². The molecule has 0 bridgehead atoms. The fourth-order valence-electron chi connectivity index (χ4n) is 2.71. The van der Waals surface area contributed by atoms with Crippen molar-refractivity contribution < 1.29 is 33.4 Å². The number of likely N-dealkylation sites (N-methyl/N-ethyl adjacent to an activating group) is 1. The SMILES string of the molecule is CNC(=O)COCC(=O)NCNC(=O)COCC(=O)NCCOc1cccc(C#Cc2cccc(C)n2)c1. The monoisotopic (exact) mass is 525 g/mol. The molecule has 0 fully saturated rings. The van der Waals surface area contributed by atoms with Gasteiger partial charge in [0.05, 0.1) is 13.2 Å². The van der Waals surface area contributed by atoms with E-state index in [2.05, 4.69) is 38.1 Å². The zero-order valence-electron chi connectivity index (χ0n) is 21.3. The minimum Gasteiger partial charge on any atom is -0.492 e. The van der Waals surface area contributed by atoms with Crippen LogP contribution in [0.1, 0.15) is 17.0 Å². The van der Waals surface area contributed by atoms with E-state index in [4.69, 9.17) is 14.2 Å². The molecule has 0 aliphatic rings. The van der Waals surface area contributed by atoms with E-state index < -0.39 is 17.7 Å². The molecule has 12 heteroatoms. The summed E-state index contributed by atoms with van der Waals surface area (Å²) in [6.07, 6.45) is 0. The average Bonchev–Trinajstić information content (AvgIpc) is 2.90. The number of aromatic nitrogens is 1. The Morgan fingerprint density at radius 1 is 0.816 bits per heavy atom. The Hall–Kier alpha value is -4.47. The number of benzene rings is 1. The first kappa shape index (κ1) is 29.8. The second-order valence-electron chi connectivity index (χ2n) is 7.68. The van der Waals surface area contributed by atoms with Crippen LogP contribution in [0.5, 0.6) is 5.75 Å². The molecule has 0 radical (unpaired) electrons. The van der Waals surface area contributed by atoms with Crippen LogP contribution in [0.3, 0.4) is 0 Å². The van der Waals surface area contributed by atoms with Gasteiger partial charge in [-0.3, -0.25) is 19.2 Å². The summed E-state index contributed by atoms with van der Waals surface area (Å²) in [4.78, 5) is 50.4. The highest BCUT2D eigenvalue weighted by molar-refractivity contribution is 5.81. The van der Waals surface area contributed by atoms with Crippen LogP contribution >= 0.6 is 0 Å². The molecular formula is C26H31N5O7.